The third kappa shape index (κ3) is 8.78. The summed E-state index contributed by atoms with van der Waals surface area (Å²) in [6, 6.07) is 6.26. The fourth-order valence-electron chi connectivity index (χ4n) is 2.66. The predicted molar refractivity (Wildman–Crippen MR) is 105 cm³/mol. The van der Waals surface area contributed by atoms with Crippen LogP contribution in [0.15, 0.2) is 42.2 Å². The Morgan fingerprint density at radius 1 is 1.04 bits per heavy atom. The number of hydrogen-bond acceptors (Lipinski definition) is 3. The quantitative estimate of drug-likeness (QED) is 0.255. The van der Waals surface area contributed by atoms with Crippen LogP contribution in [0.5, 0.6) is 5.75 Å². The van der Waals surface area contributed by atoms with Gasteiger partial charge in [0.15, 0.2) is 0 Å². The molecule has 1 rings (SSSR count). The lowest BCUT2D eigenvalue weighted by Gasteiger charge is -2.13. The second-order valence-corrected chi connectivity index (χ2v) is 6.15. The van der Waals surface area contributed by atoms with Gasteiger partial charge in [0.05, 0.1) is 20.8 Å². The van der Waals surface area contributed by atoms with Crippen LogP contribution in [0.3, 0.4) is 0 Å². The van der Waals surface area contributed by atoms with Gasteiger partial charge < -0.3 is 14.2 Å². The molecule has 0 bridgehead atoms. The maximum absolute atomic E-state index is 5.86. The summed E-state index contributed by atoms with van der Waals surface area (Å²) >= 11 is 0. The Labute approximate surface area is 153 Å². The number of allylic oxidation sites excluding steroid dienone is 3. The molecule has 0 amide bonds. The molecule has 0 aliphatic rings. The molecule has 0 saturated carbocycles. The topological polar surface area (TPSA) is 27.7 Å². The fourth-order valence-corrected chi connectivity index (χ4v) is 2.66. The summed E-state index contributed by atoms with van der Waals surface area (Å²) in [6.45, 7) is 5.29. The van der Waals surface area contributed by atoms with Crippen molar-refractivity contribution in [3.05, 3.63) is 53.3 Å². The summed E-state index contributed by atoms with van der Waals surface area (Å²) < 4.78 is 16.6. The lowest BCUT2D eigenvalue weighted by atomic mass is 10.0. The van der Waals surface area contributed by atoms with E-state index in [4.69, 9.17) is 14.2 Å². The van der Waals surface area contributed by atoms with E-state index in [1.54, 1.807) is 14.2 Å². The predicted octanol–water partition coefficient (Wildman–Crippen LogP) is 5.83. The maximum Gasteiger partial charge on any atom is 0.121 e. The number of ether oxygens (including phenoxy) is 3. The molecule has 25 heavy (non-hydrogen) atoms. The van der Waals surface area contributed by atoms with Gasteiger partial charge in [-0.25, -0.2) is 0 Å². The number of hydrogen-bond donors (Lipinski definition) is 0. The molecule has 1 aromatic rings. The first-order valence-corrected chi connectivity index (χ1v) is 9.34. The summed E-state index contributed by atoms with van der Waals surface area (Å²) in [5.74, 6) is 1.74. The normalized spacial score (nSPS) is 11.9. The molecule has 1 aromatic carbocycles. The molecule has 0 fully saturated rings. The smallest absolute Gasteiger partial charge is 0.121 e. The van der Waals surface area contributed by atoms with E-state index >= 15 is 0 Å². The Morgan fingerprint density at radius 2 is 1.84 bits per heavy atom. The van der Waals surface area contributed by atoms with E-state index in [1.807, 2.05) is 31.2 Å². The molecule has 0 aliphatic carbocycles. The maximum atomic E-state index is 5.86. The Morgan fingerprint density at radius 3 is 2.52 bits per heavy atom. The van der Waals surface area contributed by atoms with Gasteiger partial charge in [0, 0.05) is 0 Å². The van der Waals surface area contributed by atoms with Crippen molar-refractivity contribution in [1.29, 1.82) is 0 Å². The van der Waals surface area contributed by atoms with Crippen molar-refractivity contribution in [2.75, 3.05) is 20.8 Å². The summed E-state index contributed by atoms with van der Waals surface area (Å²) in [7, 11) is 3.39. The van der Waals surface area contributed by atoms with Gasteiger partial charge in [-0.05, 0) is 49.1 Å². The van der Waals surface area contributed by atoms with Gasteiger partial charge in [-0.1, -0.05) is 50.8 Å². The van der Waals surface area contributed by atoms with Crippen LogP contribution < -0.4 is 4.74 Å². The highest BCUT2D eigenvalue weighted by molar-refractivity contribution is 5.35. The van der Waals surface area contributed by atoms with Gasteiger partial charge in [0.2, 0.25) is 0 Å². The van der Waals surface area contributed by atoms with E-state index in [0.29, 0.717) is 13.2 Å². The largest absolute Gasteiger partial charge is 0.499 e. The fraction of sp³-hybridized carbons (Fsp3) is 0.545. The first-order chi connectivity index (χ1) is 12.2. The van der Waals surface area contributed by atoms with Crippen molar-refractivity contribution in [2.24, 2.45) is 0 Å². The zero-order valence-corrected chi connectivity index (χ0v) is 16.3. The van der Waals surface area contributed by atoms with Crippen LogP contribution in [0, 0.1) is 0 Å². The number of rotatable bonds is 13. The lowest BCUT2D eigenvalue weighted by molar-refractivity contribution is 0.103. The lowest BCUT2D eigenvalue weighted by Crippen LogP contribution is -2.03. The monoisotopic (exact) mass is 346 g/mol. The van der Waals surface area contributed by atoms with E-state index in [2.05, 4.69) is 19.1 Å². The Hall–Kier alpha value is -1.74. The molecule has 0 atom stereocenters. The van der Waals surface area contributed by atoms with Gasteiger partial charge >= 0.3 is 0 Å². The molecule has 3 heteroatoms. The number of methoxy groups -OCH3 is 2. The van der Waals surface area contributed by atoms with Crippen LogP contribution in [-0.2, 0) is 22.5 Å². The number of aryl methyl sites for hydroxylation is 1. The van der Waals surface area contributed by atoms with E-state index in [-0.39, 0.29) is 0 Å². The third-order valence-electron chi connectivity index (χ3n) is 4.20. The molecule has 0 N–H and O–H groups in total. The average molecular weight is 347 g/mol. The van der Waals surface area contributed by atoms with E-state index in [1.165, 1.54) is 43.2 Å². The van der Waals surface area contributed by atoms with Crippen LogP contribution in [0.4, 0.5) is 0 Å². The molecule has 0 aromatic heterocycles. The summed E-state index contributed by atoms with van der Waals surface area (Å²) in [5.41, 5.74) is 2.56. The minimum atomic E-state index is 0.475. The molecule has 140 valence electrons. The minimum absolute atomic E-state index is 0.475. The molecule has 0 saturated heterocycles. The van der Waals surface area contributed by atoms with Gasteiger partial charge in [-0.15, -0.1) is 0 Å². The number of unbranched alkanes of at least 4 members (excludes halogenated alkanes) is 4. The Bertz CT molecular complexity index is 532. The standard InChI is InChI=1S/C22H34O3/c1-5-7-9-10-11-12-19-16-21(23-3)15-14-20(19)17-25-18-22(24-4)13-8-6-2/h6,8,13-16H,5,7,9-12,17-18H2,1-4H3/b8-6-,22-13+. The Balaban J connectivity index is 2.61. The van der Waals surface area contributed by atoms with Crippen molar-refractivity contribution in [1.82, 2.24) is 0 Å². The zero-order chi connectivity index (χ0) is 18.3. The van der Waals surface area contributed by atoms with Crippen molar-refractivity contribution in [3.8, 4) is 5.75 Å². The van der Waals surface area contributed by atoms with E-state index < -0.39 is 0 Å². The molecule has 3 nitrogen and oxygen atoms in total. The third-order valence-corrected chi connectivity index (χ3v) is 4.20. The minimum Gasteiger partial charge on any atom is -0.499 e. The molecule has 0 heterocycles. The average Bonchev–Trinajstić information content (AvgIpc) is 2.65. The highest BCUT2D eigenvalue weighted by Crippen LogP contribution is 2.21. The van der Waals surface area contributed by atoms with Gasteiger partial charge in [0.25, 0.3) is 0 Å². The van der Waals surface area contributed by atoms with Crippen LogP contribution >= 0.6 is 0 Å². The van der Waals surface area contributed by atoms with Gasteiger partial charge in [-0.2, -0.15) is 0 Å². The highest BCUT2D eigenvalue weighted by atomic mass is 16.5. The molecule has 0 radical (unpaired) electrons. The van der Waals surface area contributed by atoms with Crippen molar-refractivity contribution < 1.29 is 14.2 Å². The first-order valence-electron chi connectivity index (χ1n) is 9.34. The highest BCUT2D eigenvalue weighted by Gasteiger charge is 2.06. The summed E-state index contributed by atoms with van der Waals surface area (Å²) in [4.78, 5) is 0. The first kappa shape index (κ1) is 21.3. The zero-order valence-electron chi connectivity index (χ0n) is 16.3. The van der Waals surface area contributed by atoms with Crippen LogP contribution in [0.25, 0.3) is 0 Å². The van der Waals surface area contributed by atoms with Gasteiger partial charge in [0.1, 0.15) is 18.1 Å². The van der Waals surface area contributed by atoms with Crippen molar-refractivity contribution in [3.63, 3.8) is 0 Å². The Kier molecular flexibility index (Phi) is 11.5. The van der Waals surface area contributed by atoms with Gasteiger partial charge in [-0.3, -0.25) is 0 Å². The molecule has 0 spiro atoms. The van der Waals surface area contributed by atoms with E-state index in [0.717, 1.165) is 17.9 Å². The van der Waals surface area contributed by atoms with E-state index in [9.17, 15) is 0 Å². The molecule has 0 aliphatic heterocycles. The van der Waals surface area contributed by atoms with Crippen LogP contribution in [-0.4, -0.2) is 20.8 Å². The van der Waals surface area contributed by atoms with Crippen molar-refractivity contribution >= 4 is 0 Å². The second-order valence-electron chi connectivity index (χ2n) is 6.15. The number of benzene rings is 1. The summed E-state index contributed by atoms with van der Waals surface area (Å²) in [5, 5.41) is 0. The summed E-state index contributed by atoms with van der Waals surface area (Å²) in [6.07, 6.45) is 13.4. The molecular weight excluding hydrogens is 312 g/mol. The SMILES string of the molecule is C/C=C\C=C(/COCc1ccc(OC)cc1CCCCCCC)OC. The van der Waals surface area contributed by atoms with Crippen LogP contribution in [0.2, 0.25) is 0 Å². The second kappa shape index (κ2) is 13.5. The van der Waals surface area contributed by atoms with Crippen LogP contribution in [0.1, 0.15) is 57.1 Å². The molecule has 0 unspecified atom stereocenters. The molecular formula is C22H34O3. The van der Waals surface area contributed by atoms with Crippen molar-refractivity contribution in [2.45, 2.75) is 59.0 Å².